The van der Waals surface area contributed by atoms with E-state index >= 15 is 0 Å². The molecule has 3 aromatic carbocycles. The van der Waals surface area contributed by atoms with Crippen LogP contribution in [0.2, 0.25) is 0 Å². The van der Waals surface area contributed by atoms with Gasteiger partial charge in [-0.2, -0.15) is 0 Å². The molecule has 1 atom stereocenters. The molecule has 6 rings (SSSR count). The van der Waals surface area contributed by atoms with Gasteiger partial charge in [0, 0.05) is 12.0 Å². The molecule has 0 aliphatic carbocycles. The second-order valence-electron chi connectivity index (χ2n) is 9.16. The number of benzene rings is 3. The summed E-state index contributed by atoms with van der Waals surface area (Å²) in [5.41, 5.74) is 5.22. The number of aromatic nitrogens is 1. The molecule has 0 radical (unpaired) electrons. The first kappa shape index (κ1) is 22.5. The number of aliphatic hydroxyl groups is 1. The van der Waals surface area contributed by atoms with Crippen LogP contribution in [0.1, 0.15) is 40.8 Å². The van der Waals surface area contributed by atoms with Crippen LogP contribution in [0.3, 0.4) is 0 Å². The molecule has 36 heavy (non-hydrogen) atoms. The lowest BCUT2D eigenvalue weighted by Crippen LogP contribution is -2.29. The van der Waals surface area contributed by atoms with Gasteiger partial charge in [0.1, 0.15) is 11.5 Å². The van der Waals surface area contributed by atoms with E-state index in [2.05, 4.69) is 13.0 Å². The molecular formula is C29H24N2O4S. The van der Waals surface area contributed by atoms with Crippen LogP contribution in [0, 0.1) is 6.92 Å². The van der Waals surface area contributed by atoms with Gasteiger partial charge in [0.25, 0.3) is 5.78 Å². The molecule has 1 aromatic heterocycles. The van der Waals surface area contributed by atoms with Gasteiger partial charge in [-0.3, -0.25) is 14.5 Å². The molecule has 1 unspecified atom stereocenters. The van der Waals surface area contributed by atoms with Gasteiger partial charge >= 0.3 is 5.91 Å². The van der Waals surface area contributed by atoms with Gasteiger partial charge in [-0.1, -0.05) is 54.2 Å². The van der Waals surface area contributed by atoms with Crippen molar-refractivity contribution in [2.45, 2.75) is 32.7 Å². The molecule has 1 saturated heterocycles. The maximum Gasteiger partial charge on any atom is 0.301 e. The van der Waals surface area contributed by atoms with Crippen molar-refractivity contribution < 1.29 is 19.4 Å². The third-order valence-corrected chi connectivity index (χ3v) is 7.84. The summed E-state index contributed by atoms with van der Waals surface area (Å²) in [6.45, 7) is 4.63. The number of rotatable bonds is 4. The summed E-state index contributed by atoms with van der Waals surface area (Å²) in [6.07, 6.45) is 1.63. The predicted octanol–water partition coefficient (Wildman–Crippen LogP) is 5.73. The van der Waals surface area contributed by atoms with E-state index in [4.69, 9.17) is 9.72 Å². The Morgan fingerprint density at radius 3 is 2.81 bits per heavy atom. The number of nitrogens with zero attached hydrogens (tertiary/aromatic N) is 2. The Morgan fingerprint density at radius 2 is 2.00 bits per heavy atom. The Hall–Kier alpha value is -3.97. The standard InChI is InChI=1S/C29H24N2O4S/c1-3-17-7-9-21-23(14-17)36-29(30-21)31-25(19-6-4-5-16(2)13-19)24(27(33)28(31)34)26(32)20-8-10-22-18(15-20)11-12-35-22/h4-10,13-15,25,32H,3,11-12H2,1-2H3/b26-24+. The van der Waals surface area contributed by atoms with Crippen LogP contribution in [0.5, 0.6) is 5.75 Å². The second kappa shape index (κ2) is 8.60. The highest BCUT2D eigenvalue weighted by molar-refractivity contribution is 7.22. The maximum absolute atomic E-state index is 13.5. The number of hydrogen-bond acceptors (Lipinski definition) is 6. The van der Waals surface area contributed by atoms with E-state index in [0.29, 0.717) is 17.3 Å². The molecule has 4 aromatic rings. The number of anilines is 1. The molecule has 1 fully saturated rings. The van der Waals surface area contributed by atoms with Gasteiger partial charge in [0.05, 0.1) is 28.4 Å². The quantitative estimate of drug-likeness (QED) is 0.222. The van der Waals surface area contributed by atoms with Gasteiger partial charge in [-0.15, -0.1) is 0 Å². The lowest BCUT2D eigenvalue weighted by molar-refractivity contribution is -0.132. The van der Waals surface area contributed by atoms with E-state index in [1.807, 2.05) is 49.4 Å². The minimum absolute atomic E-state index is 0.0676. The van der Waals surface area contributed by atoms with E-state index in [1.165, 1.54) is 21.8 Å². The molecule has 6 nitrogen and oxygen atoms in total. The van der Waals surface area contributed by atoms with Crippen LogP contribution in [-0.2, 0) is 22.4 Å². The lowest BCUT2D eigenvalue weighted by Gasteiger charge is -2.23. The smallest absolute Gasteiger partial charge is 0.301 e. The third kappa shape index (κ3) is 3.58. The molecule has 0 spiro atoms. The van der Waals surface area contributed by atoms with Crippen LogP contribution in [0.15, 0.2) is 66.2 Å². The predicted molar refractivity (Wildman–Crippen MR) is 141 cm³/mol. The number of carbonyl (C=O) groups excluding carboxylic acids is 2. The highest BCUT2D eigenvalue weighted by atomic mass is 32.1. The molecule has 1 N–H and O–H groups in total. The minimum atomic E-state index is -0.791. The van der Waals surface area contributed by atoms with Crippen LogP contribution in [-0.4, -0.2) is 28.4 Å². The molecule has 1 amide bonds. The van der Waals surface area contributed by atoms with Gasteiger partial charge in [0.15, 0.2) is 5.13 Å². The molecule has 180 valence electrons. The number of hydrogen-bond donors (Lipinski definition) is 1. The molecule has 2 aliphatic heterocycles. The first-order chi connectivity index (χ1) is 17.4. The number of fused-ring (bicyclic) bond motifs is 2. The first-order valence-corrected chi connectivity index (χ1v) is 12.8. The van der Waals surface area contributed by atoms with Crippen molar-refractivity contribution in [2.24, 2.45) is 0 Å². The average Bonchev–Trinajstić information content (AvgIpc) is 3.59. The monoisotopic (exact) mass is 496 g/mol. The highest BCUT2D eigenvalue weighted by Gasteiger charge is 2.48. The number of ketones is 1. The van der Waals surface area contributed by atoms with Crippen LogP contribution in [0.25, 0.3) is 16.0 Å². The Bertz CT molecular complexity index is 1590. The molecule has 2 aliphatic rings. The van der Waals surface area contributed by atoms with E-state index in [1.54, 1.807) is 12.1 Å². The number of aliphatic hydroxyl groups excluding tert-OH is 1. The normalized spacial score (nSPS) is 18.6. The fraction of sp³-hybridized carbons (Fsp3) is 0.207. The average molecular weight is 497 g/mol. The van der Waals surface area contributed by atoms with Crippen LogP contribution >= 0.6 is 11.3 Å². The molecule has 3 heterocycles. The van der Waals surface area contributed by atoms with Crippen molar-refractivity contribution in [3.05, 3.63) is 94.1 Å². The van der Waals surface area contributed by atoms with Crippen LogP contribution < -0.4 is 9.64 Å². The summed E-state index contributed by atoms with van der Waals surface area (Å²) >= 11 is 1.38. The Kier molecular flexibility index (Phi) is 5.38. The van der Waals surface area contributed by atoms with Crippen molar-refractivity contribution in [1.29, 1.82) is 0 Å². The van der Waals surface area contributed by atoms with Crippen molar-refractivity contribution in [3.63, 3.8) is 0 Å². The van der Waals surface area contributed by atoms with E-state index in [0.717, 1.165) is 45.5 Å². The Balaban J connectivity index is 1.54. The van der Waals surface area contributed by atoms with Crippen molar-refractivity contribution in [1.82, 2.24) is 4.98 Å². The Labute approximate surface area is 212 Å². The van der Waals surface area contributed by atoms with E-state index in [9.17, 15) is 14.7 Å². The molecule has 0 saturated carbocycles. The van der Waals surface area contributed by atoms with Crippen molar-refractivity contribution >= 4 is 44.1 Å². The summed E-state index contributed by atoms with van der Waals surface area (Å²) in [6, 6.07) is 18.3. The zero-order valence-electron chi connectivity index (χ0n) is 19.9. The summed E-state index contributed by atoms with van der Waals surface area (Å²) in [5, 5.41) is 11.9. The zero-order chi connectivity index (χ0) is 25.0. The number of carbonyl (C=O) groups is 2. The summed E-state index contributed by atoms with van der Waals surface area (Å²) < 4.78 is 6.54. The first-order valence-electron chi connectivity index (χ1n) is 12.0. The fourth-order valence-corrected chi connectivity index (χ4v) is 6.01. The second-order valence-corrected chi connectivity index (χ2v) is 10.2. The number of aryl methyl sites for hydroxylation is 2. The maximum atomic E-state index is 13.5. The van der Waals surface area contributed by atoms with Gasteiger partial charge in [0.2, 0.25) is 0 Å². The Morgan fingerprint density at radius 1 is 1.14 bits per heavy atom. The number of Topliss-reactive ketones (excluding diaryl/α,β-unsaturated/α-hetero) is 1. The molecular weight excluding hydrogens is 472 g/mol. The SMILES string of the molecule is CCc1ccc2nc(N3C(=O)C(=O)/C(=C(/O)c4ccc5c(c4)CCO5)C3c3cccc(C)c3)sc2c1. The van der Waals surface area contributed by atoms with Crippen LogP contribution in [0.4, 0.5) is 5.13 Å². The highest BCUT2D eigenvalue weighted by Crippen LogP contribution is 2.45. The molecule has 0 bridgehead atoms. The minimum Gasteiger partial charge on any atom is -0.507 e. The van der Waals surface area contributed by atoms with Gasteiger partial charge < -0.3 is 9.84 Å². The fourth-order valence-electron chi connectivity index (χ4n) is 4.95. The topological polar surface area (TPSA) is 79.7 Å². The number of ether oxygens (including phenoxy) is 1. The molecule has 7 heteroatoms. The third-order valence-electron chi connectivity index (χ3n) is 6.82. The van der Waals surface area contributed by atoms with E-state index in [-0.39, 0.29) is 11.3 Å². The summed E-state index contributed by atoms with van der Waals surface area (Å²) in [5.74, 6) is -0.818. The van der Waals surface area contributed by atoms with Gasteiger partial charge in [-0.05, 0) is 60.4 Å². The van der Waals surface area contributed by atoms with E-state index < -0.39 is 17.7 Å². The van der Waals surface area contributed by atoms with Gasteiger partial charge in [-0.25, -0.2) is 4.98 Å². The van der Waals surface area contributed by atoms with Crippen molar-refractivity contribution in [3.8, 4) is 5.75 Å². The summed E-state index contributed by atoms with van der Waals surface area (Å²) in [4.78, 5) is 33.1. The van der Waals surface area contributed by atoms with Crippen molar-refractivity contribution in [2.75, 3.05) is 11.5 Å². The number of amides is 1. The zero-order valence-corrected chi connectivity index (χ0v) is 20.8. The largest absolute Gasteiger partial charge is 0.507 e. The summed E-state index contributed by atoms with van der Waals surface area (Å²) in [7, 11) is 0. The lowest BCUT2D eigenvalue weighted by atomic mass is 9.94. The number of thiazole rings is 1.